The van der Waals surface area contributed by atoms with E-state index in [2.05, 4.69) is 25.6 Å². The molecule has 4 rings (SSSR count). The fourth-order valence-corrected chi connectivity index (χ4v) is 2.93. The van der Waals surface area contributed by atoms with Crippen molar-refractivity contribution >= 4 is 22.9 Å². The van der Waals surface area contributed by atoms with Gasteiger partial charge in [0, 0.05) is 17.0 Å². The van der Waals surface area contributed by atoms with Crippen LogP contribution in [0.5, 0.6) is 5.88 Å². The average molecular weight is 360 g/mol. The van der Waals surface area contributed by atoms with Gasteiger partial charge in [0.15, 0.2) is 0 Å². The Kier molecular flexibility index (Phi) is 4.00. The number of H-pyrrole nitrogens is 1. The van der Waals surface area contributed by atoms with Gasteiger partial charge in [0.05, 0.1) is 11.3 Å². The molecular formula is C19H16N6O2. The van der Waals surface area contributed by atoms with Crippen LogP contribution in [-0.4, -0.2) is 36.5 Å². The fraction of sp³-hybridized carbons (Fsp3) is 0.105. The van der Waals surface area contributed by atoms with Crippen LogP contribution in [0.15, 0.2) is 52.3 Å². The highest BCUT2D eigenvalue weighted by atomic mass is 16.3. The normalized spacial score (nSPS) is 11.5. The fourth-order valence-electron chi connectivity index (χ4n) is 2.93. The lowest BCUT2D eigenvalue weighted by atomic mass is 10.1. The van der Waals surface area contributed by atoms with Gasteiger partial charge in [-0.15, -0.1) is 5.10 Å². The number of aliphatic imine (C=N–C) groups is 1. The van der Waals surface area contributed by atoms with E-state index in [1.54, 1.807) is 30.3 Å². The molecule has 2 aromatic carbocycles. The first-order chi connectivity index (χ1) is 13.1. The molecule has 0 bridgehead atoms. The number of nitrogens with one attached hydrogen (secondary N) is 1. The van der Waals surface area contributed by atoms with Gasteiger partial charge >= 0.3 is 0 Å². The molecule has 134 valence electrons. The van der Waals surface area contributed by atoms with Gasteiger partial charge in [0.2, 0.25) is 5.88 Å². The summed E-state index contributed by atoms with van der Waals surface area (Å²) in [6.07, 6.45) is 1.43. The quantitative estimate of drug-likeness (QED) is 0.546. The Morgan fingerprint density at radius 2 is 1.89 bits per heavy atom. The van der Waals surface area contributed by atoms with Crippen LogP contribution in [0.1, 0.15) is 16.7 Å². The van der Waals surface area contributed by atoms with E-state index >= 15 is 0 Å². The molecule has 0 unspecified atom stereocenters. The first-order valence-electron chi connectivity index (χ1n) is 8.28. The molecule has 4 aromatic rings. The van der Waals surface area contributed by atoms with Gasteiger partial charge in [-0.1, -0.05) is 29.4 Å². The maximum Gasteiger partial charge on any atom is 0.288 e. The van der Waals surface area contributed by atoms with Crippen molar-refractivity contribution in [2.45, 2.75) is 13.8 Å². The van der Waals surface area contributed by atoms with Gasteiger partial charge in [0.25, 0.3) is 11.5 Å². The topological polar surface area (TPSA) is 109 Å². The standard InChI is InChI=1S/C19H16N6O2/c1-11-7-8-13(9-12(11)2)25-17(26)15-6-4-3-5-14(15)16(18(25)27)10-20-19-21-23-24-22-19/h3-10,27H,1-2H3,(H,21,22,23,24). The molecule has 0 aliphatic carbocycles. The zero-order valence-electron chi connectivity index (χ0n) is 14.7. The molecule has 27 heavy (non-hydrogen) atoms. The zero-order valence-corrected chi connectivity index (χ0v) is 14.7. The highest BCUT2D eigenvalue weighted by Crippen LogP contribution is 2.27. The first-order valence-corrected chi connectivity index (χ1v) is 8.28. The third-order valence-electron chi connectivity index (χ3n) is 4.50. The number of tetrazole rings is 1. The van der Waals surface area contributed by atoms with E-state index in [0.29, 0.717) is 22.0 Å². The Balaban J connectivity index is 2.02. The zero-order chi connectivity index (χ0) is 19.0. The predicted molar refractivity (Wildman–Crippen MR) is 102 cm³/mol. The Morgan fingerprint density at radius 1 is 1.11 bits per heavy atom. The number of aromatic nitrogens is 5. The minimum atomic E-state index is -0.303. The van der Waals surface area contributed by atoms with Gasteiger partial charge in [-0.05, 0) is 48.4 Å². The highest BCUT2D eigenvalue weighted by molar-refractivity contribution is 6.02. The second-order valence-electron chi connectivity index (χ2n) is 6.16. The van der Waals surface area contributed by atoms with Gasteiger partial charge in [-0.3, -0.25) is 4.79 Å². The number of pyridine rings is 1. The second kappa shape index (κ2) is 6.49. The molecule has 0 radical (unpaired) electrons. The largest absolute Gasteiger partial charge is 0.494 e. The molecule has 0 saturated carbocycles. The molecule has 2 aromatic heterocycles. The van der Waals surface area contributed by atoms with Crippen LogP contribution >= 0.6 is 0 Å². The van der Waals surface area contributed by atoms with E-state index in [9.17, 15) is 9.90 Å². The lowest BCUT2D eigenvalue weighted by molar-refractivity contribution is 0.436. The molecular weight excluding hydrogens is 344 g/mol. The lowest BCUT2D eigenvalue weighted by Gasteiger charge is -2.14. The van der Waals surface area contributed by atoms with Gasteiger partial charge < -0.3 is 5.11 Å². The van der Waals surface area contributed by atoms with Gasteiger partial charge in [-0.2, -0.15) is 5.21 Å². The molecule has 0 aliphatic heterocycles. The minimum Gasteiger partial charge on any atom is -0.494 e. The average Bonchev–Trinajstić information content (AvgIpc) is 3.18. The first kappa shape index (κ1) is 16.6. The van der Waals surface area contributed by atoms with Gasteiger partial charge in [0.1, 0.15) is 0 Å². The third-order valence-corrected chi connectivity index (χ3v) is 4.50. The Labute approximate surface area is 153 Å². The number of aromatic amines is 1. The van der Waals surface area contributed by atoms with E-state index in [0.717, 1.165) is 11.1 Å². The predicted octanol–water partition coefficient (Wildman–Crippen LogP) is 2.58. The highest BCUT2D eigenvalue weighted by Gasteiger charge is 2.16. The SMILES string of the molecule is Cc1ccc(-n2c(O)c(C=Nc3nn[nH]n3)c3ccccc3c2=O)cc1C. The van der Waals surface area contributed by atoms with E-state index in [1.165, 1.54) is 10.8 Å². The number of aromatic hydroxyl groups is 1. The number of rotatable bonds is 3. The minimum absolute atomic E-state index is 0.127. The van der Waals surface area contributed by atoms with Crippen molar-refractivity contribution in [2.75, 3.05) is 0 Å². The summed E-state index contributed by atoms with van der Waals surface area (Å²) in [6.45, 7) is 3.95. The van der Waals surface area contributed by atoms with E-state index in [4.69, 9.17) is 0 Å². The van der Waals surface area contributed by atoms with E-state index in [1.807, 2.05) is 26.0 Å². The summed E-state index contributed by atoms with van der Waals surface area (Å²) in [5.74, 6) is -0.0726. The van der Waals surface area contributed by atoms with Crippen LogP contribution in [-0.2, 0) is 0 Å². The number of hydrogen-bond acceptors (Lipinski definition) is 6. The number of benzene rings is 2. The monoisotopic (exact) mass is 360 g/mol. The maximum atomic E-state index is 13.0. The van der Waals surface area contributed by atoms with Crippen LogP contribution in [0.3, 0.4) is 0 Å². The summed E-state index contributed by atoms with van der Waals surface area (Å²) in [4.78, 5) is 17.2. The Bertz CT molecular complexity index is 1230. The van der Waals surface area contributed by atoms with Crippen molar-refractivity contribution < 1.29 is 5.11 Å². The summed E-state index contributed by atoms with van der Waals surface area (Å²) in [7, 11) is 0. The smallest absolute Gasteiger partial charge is 0.288 e. The maximum absolute atomic E-state index is 13.0. The van der Waals surface area contributed by atoms with Crippen molar-refractivity contribution in [1.82, 2.24) is 25.2 Å². The van der Waals surface area contributed by atoms with Crippen molar-refractivity contribution in [2.24, 2.45) is 4.99 Å². The molecule has 0 fully saturated rings. The summed E-state index contributed by atoms with van der Waals surface area (Å²) < 4.78 is 1.28. The van der Waals surface area contributed by atoms with Crippen LogP contribution < -0.4 is 5.56 Å². The molecule has 0 aliphatic rings. The van der Waals surface area contributed by atoms with Crippen LogP contribution in [0, 0.1) is 13.8 Å². The van der Waals surface area contributed by atoms with Gasteiger partial charge in [-0.25, -0.2) is 9.56 Å². The van der Waals surface area contributed by atoms with Crippen LogP contribution in [0.4, 0.5) is 5.95 Å². The molecule has 2 N–H and O–H groups in total. The van der Waals surface area contributed by atoms with Crippen molar-refractivity contribution in [1.29, 1.82) is 0 Å². The molecule has 8 nitrogen and oxygen atoms in total. The summed E-state index contributed by atoms with van der Waals surface area (Å²) >= 11 is 0. The number of fused-ring (bicyclic) bond motifs is 1. The number of nitrogens with zero attached hydrogens (tertiary/aromatic N) is 5. The second-order valence-corrected chi connectivity index (χ2v) is 6.16. The van der Waals surface area contributed by atoms with Crippen LogP contribution in [0.25, 0.3) is 16.5 Å². The van der Waals surface area contributed by atoms with Crippen molar-refractivity contribution in [3.8, 4) is 11.6 Å². The van der Waals surface area contributed by atoms with E-state index in [-0.39, 0.29) is 17.4 Å². The molecule has 2 heterocycles. The molecule has 8 heteroatoms. The van der Waals surface area contributed by atoms with Crippen LogP contribution in [0.2, 0.25) is 0 Å². The molecule has 0 spiro atoms. The Hall–Kier alpha value is -3.81. The van der Waals surface area contributed by atoms with E-state index < -0.39 is 0 Å². The van der Waals surface area contributed by atoms with Crippen molar-refractivity contribution in [3.05, 3.63) is 69.5 Å². The summed E-state index contributed by atoms with van der Waals surface area (Å²) in [5.41, 5.74) is 2.80. The lowest BCUT2D eigenvalue weighted by Crippen LogP contribution is -2.20. The van der Waals surface area contributed by atoms with Crippen molar-refractivity contribution in [3.63, 3.8) is 0 Å². The number of aryl methyl sites for hydroxylation is 2. The third kappa shape index (κ3) is 2.86. The summed E-state index contributed by atoms with van der Waals surface area (Å²) in [5, 5.41) is 25.3. The molecule has 0 saturated heterocycles. The summed E-state index contributed by atoms with van der Waals surface area (Å²) in [6, 6.07) is 12.7. The Morgan fingerprint density at radius 3 is 2.59 bits per heavy atom. The molecule has 0 atom stereocenters. The molecule has 0 amide bonds. The number of hydrogen-bond donors (Lipinski definition) is 2.